The first-order chi connectivity index (χ1) is 6.44. The van der Waals surface area contributed by atoms with Gasteiger partial charge in [0.25, 0.3) is 0 Å². The van der Waals surface area contributed by atoms with Gasteiger partial charge in [0.05, 0.1) is 0 Å². The molecule has 0 fully saturated rings. The molecule has 0 heteroatoms. The largest absolute Gasteiger partial charge is 0.0654 e. The molecule has 0 saturated heterocycles. The highest BCUT2D eigenvalue weighted by Crippen LogP contribution is 2.36. The van der Waals surface area contributed by atoms with Crippen LogP contribution >= 0.6 is 0 Å². The van der Waals surface area contributed by atoms with Gasteiger partial charge in [0, 0.05) is 0 Å². The molecule has 0 unspecified atom stereocenters. The average molecular weight is 198 g/mol. The fraction of sp³-hybridized carbons (Fsp3) is 1.00. The van der Waals surface area contributed by atoms with Crippen molar-refractivity contribution in [2.45, 2.75) is 73.6 Å². The molecule has 0 nitrogen and oxygen atoms in total. The second kappa shape index (κ2) is 6.48. The van der Waals surface area contributed by atoms with Crippen molar-refractivity contribution in [2.24, 2.45) is 17.3 Å². The van der Waals surface area contributed by atoms with Crippen LogP contribution in [0.2, 0.25) is 0 Å². The van der Waals surface area contributed by atoms with Crippen LogP contribution in [-0.2, 0) is 0 Å². The molecule has 0 saturated carbocycles. The van der Waals surface area contributed by atoms with Gasteiger partial charge in [0.15, 0.2) is 0 Å². The van der Waals surface area contributed by atoms with Crippen LogP contribution in [0.3, 0.4) is 0 Å². The number of rotatable bonds is 7. The molecule has 0 aliphatic rings. The summed E-state index contributed by atoms with van der Waals surface area (Å²) in [5.74, 6) is 1.76. The van der Waals surface area contributed by atoms with Crippen molar-refractivity contribution >= 4 is 0 Å². The Kier molecular flexibility index (Phi) is 6.48. The van der Waals surface area contributed by atoms with Crippen LogP contribution in [0.5, 0.6) is 0 Å². The zero-order chi connectivity index (χ0) is 11.2. The maximum Gasteiger partial charge on any atom is -0.0329 e. The molecule has 0 N–H and O–H groups in total. The van der Waals surface area contributed by atoms with Gasteiger partial charge < -0.3 is 0 Å². The summed E-state index contributed by atoms with van der Waals surface area (Å²) in [5.41, 5.74) is 0.523. The zero-order valence-electron chi connectivity index (χ0n) is 11.2. The Hall–Kier alpha value is 0. The van der Waals surface area contributed by atoms with Crippen molar-refractivity contribution < 1.29 is 0 Å². The number of hydrogen-bond acceptors (Lipinski definition) is 0. The van der Waals surface area contributed by atoms with Crippen molar-refractivity contribution in [1.82, 2.24) is 0 Å². The summed E-state index contributed by atoms with van der Waals surface area (Å²) >= 11 is 0. The molecule has 0 aliphatic carbocycles. The summed E-state index contributed by atoms with van der Waals surface area (Å²) in [6, 6.07) is 0. The summed E-state index contributed by atoms with van der Waals surface area (Å²) < 4.78 is 0. The quantitative estimate of drug-likeness (QED) is 0.522. The monoisotopic (exact) mass is 198 g/mol. The first kappa shape index (κ1) is 14.0. The summed E-state index contributed by atoms with van der Waals surface area (Å²) in [5, 5.41) is 0. The highest BCUT2D eigenvalue weighted by molar-refractivity contribution is 4.76. The van der Waals surface area contributed by atoms with Gasteiger partial charge >= 0.3 is 0 Å². The van der Waals surface area contributed by atoms with E-state index >= 15 is 0 Å². The van der Waals surface area contributed by atoms with E-state index in [1.807, 2.05) is 0 Å². The van der Waals surface area contributed by atoms with Gasteiger partial charge in [-0.3, -0.25) is 0 Å². The van der Waals surface area contributed by atoms with Crippen molar-refractivity contribution in [3.8, 4) is 0 Å². The molecule has 0 aromatic rings. The minimum absolute atomic E-state index is 0.523. The molecule has 0 bridgehead atoms. The molecule has 0 radical (unpaired) electrons. The second-order valence-electron chi connectivity index (χ2n) is 5.79. The lowest BCUT2D eigenvalue weighted by Gasteiger charge is -2.33. The lowest BCUT2D eigenvalue weighted by molar-refractivity contribution is 0.176. The van der Waals surface area contributed by atoms with Crippen molar-refractivity contribution in [3.63, 3.8) is 0 Å². The molecule has 0 rings (SSSR count). The number of hydrogen-bond donors (Lipinski definition) is 0. The molecule has 14 heavy (non-hydrogen) atoms. The van der Waals surface area contributed by atoms with E-state index in [1.165, 1.54) is 32.1 Å². The van der Waals surface area contributed by atoms with Gasteiger partial charge in [-0.15, -0.1) is 0 Å². The van der Waals surface area contributed by atoms with Gasteiger partial charge in [-0.2, -0.15) is 0 Å². The third-order valence-corrected chi connectivity index (χ3v) is 3.77. The highest BCUT2D eigenvalue weighted by Gasteiger charge is 2.25. The van der Waals surface area contributed by atoms with Crippen LogP contribution in [0.25, 0.3) is 0 Å². The van der Waals surface area contributed by atoms with E-state index in [9.17, 15) is 0 Å². The molecule has 0 heterocycles. The molecular formula is C14H30. The Balaban J connectivity index is 4.12. The Labute approximate surface area is 91.5 Å². The topological polar surface area (TPSA) is 0 Å². The molecule has 0 aromatic heterocycles. The van der Waals surface area contributed by atoms with Crippen LogP contribution in [0.1, 0.15) is 73.6 Å². The Morgan fingerprint density at radius 2 is 1.36 bits per heavy atom. The fourth-order valence-electron chi connectivity index (χ4n) is 2.14. The molecular weight excluding hydrogens is 168 g/mol. The van der Waals surface area contributed by atoms with E-state index < -0.39 is 0 Å². The van der Waals surface area contributed by atoms with Gasteiger partial charge in [0.2, 0.25) is 0 Å². The Morgan fingerprint density at radius 3 is 1.64 bits per heavy atom. The van der Waals surface area contributed by atoms with E-state index in [0.717, 1.165) is 11.8 Å². The SMILES string of the molecule is CCCC(CCC)CC(C)(C)C(C)C. The van der Waals surface area contributed by atoms with Crippen molar-refractivity contribution in [1.29, 1.82) is 0 Å². The van der Waals surface area contributed by atoms with E-state index in [0.29, 0.717) is 5.41 Å². The minimum atomic E-state index is 0.523. The normalized spacial score (nSPS) is 12.9. The lowest BCUT2D eigenvalue weighted by atomic mass is 9.72. The third kappa shape index (κ3) is 5.02. The zero-order valence-corrected chi connectivity index (χ0v) is 11.2. The lowest BCUT2D eigenvalue weighted by Crippen LogP contribution is -2.23. The summed E-state index contributed by atoms with van der Waals surface area (Å²) in [7, 11) is 0. The van der Waals surface area contributed by atoms with Gasteiger partial charge in [-0.1, -0.05) is 67.2 Å². The van der Waals surface area contributed by atoms with Gasteiger partial charge in [0.1, 0.15) is 0 Å². The van der Waals surface area contributed by atoms with Crippen molar-refractivity contribution in [3.05, 3.63) is 0 Å². The maximum absolute atomic E-state index is 2.43. The fourth-order valence-corrected chi connectivity index (χ4v) is 2.14. The third-order valence-electron chi connectivity index (χ3n) is 3.77. The summed E-state index contributed by atoms with van der Waals surface area (Å²) in [6.07, 6.45) is 6.94. The Morgan fingerprint density at radius 1 is 0.929 bits per heavy atom. The van der Waals surface area contributed by atoms with Gasteiger partial charge in [-0.25, -0.2) is 0 Å². The first-order valence-electron chi connectivity index (χ1n) is 6.44. The van der Waals surface area contributed by atoms with Crippen LogP contribution in [0.4, 0.5) is 0 Å². The van der Waals surface area contributed by atoms with E-state index in [2.05, 4.69) is 41.5 Å². The molecule has 0 spiro atoms. The second-order valence-corrected chi connectivity index (χ2v) is 5.79. The minimum Gasteiger partial charge on any atom is -0.0654 e. The van der Waals surface area contributed by atoms with Crippen LogP contribution < -0.4 is 0 Å². The average Bonchev–Trinajstić information content (AvgIpc) is 2.04. The predicted molar refractivity (Wildman–Crippen MR) is 66.5 cm³/mol. The standard InChI is InChI=1S/C14H30/c1-7-9-13(10-8-2)11-14(5,6)12(3)4/h12-13H,7-11H2,1-6H3. The van der Waals surface area contributed by atoms with Crippen LogP contribution in [0.15, 0.2) is 0 Å². The molecule has 86 valence electrons. The molecule has 0 aromatic carbocycles. The Bertz CT molecular complexity index is 127. The maximum atomic E-state index is 2.43. The first-order valence-corrected chi connectivity index (χ1v) is 6.44. The smallest absolute Gasteiger partial charge is 0.0329 e. The van der Waals surface area contributed by atoms with Crippen LogP contribution in [-0.4, -0.2) is 0 Å². The van der Waals surface area contributed by atoms with Crippen LogP contribution in [0, 0.1) is 17.3 Å². The highest BCUT2D eigenvalue weighted by atomic mass is 14.3. The summed E-state index contributed by atoms with van der Waals surface area (Å²) in [6.45, 7) is 14.2. The molecule has 0 atom stereocenters. The predicted octanol–water partition coefficient (Wildman–Crippen LogP) is 5.28. The van der Waals surface area contributed by atoms with Gasteiger partial charge in [-0.05, 0) is 23.7 Å². The molecule has 0 aliphatic heterocycles. The van der Waals surface area contributed by atoms with E-state index in [-0.39, 0.29) is 0 Å². The van der Waals surface area contributed by atoms with E-state index in [1.54, 1.807) is 0 Å². The van der Waals surface area contributed by atoms with Crippen molar-refractivity contribution in [2.75, 3.05) is 0 Å². The summed E-state index contributed by atoms with van der Waals surface area (Å²) in [4.78, 5) is 0. The van der Waals surface area contributed by atoms with E-state index in [4.69, 9.17) is 0 Å². The molecule has 0 amide bonds.